The molecule has 0 radical (unpaired) electrons. The van der Waals surface area contributed by atoms with Gasteiger partial charge in [0.15, 0.2) is 6.61 Å². The van der Waals surface area contributed by atoms with E-state index in [9.17, 15) is 18.0 Å². The summed E-state index contributed by atoms with van der Waals surface area (Å²) in [6, 6.07) is 6.89. The molecule has 2 atom stereocenters. The van der Waals surface area contributed by atoms with Crippen LogP contribution in [0.1, 0.15) is 25.8 Å². The Morgan fingerprint density at radius 1 is 1.19 bits per heavy atom. The van der Waals surface area contributed by atoms with Gasteiger partial charge in [-0.3, -0.25) is 13.9 Å². The van der Waals surface area contributed by atoms with Gasteiger partial charge in [0, 0.05) is 13.1 Å². The minimum Gasteiger partial charge on any atom is -0.454 e. The molecule has 1 heterocycles. The number of hydrogen-bond acceptors (Lipinski definition) is 5. The van der Waals surface area contributed by atoms with Crippen molar-refractivity contribution in [2.45, 2.75) is 27.2 Å². The lowest BCUT2D eigenvalue weighted by molar-refractivity contribution is -0.151. The van der Waals surface area contributed by atoms with E-state index < -0.39 is 22.5 Å². The summed E-state index contributed by atoms with van der Waals surface area (Å²) in [6.07, 6.45) is 2.11. The molecule has 1 aromatic carbocycles. The second-order valence-corrected chi connectivity index (χ2v) is 9.37. The molecule has 1 fully saturated rings. The van der Waals surface area contributed by atoms with E-state index in [0.29, 0.717) is 30.6 Å². The van der Waals surface area contributed by atoms with Gasteiger partial charge < -0.3 is 9.64 Å². The fourth-order valence-corrected chi connectivity index (χ4v) is 4.39. The Kier molecular flexibility index (Phi) is 6.86. The van der Waals surface area contributed by atoms with Gasteiger partial charge in [-0.25, -0.2) is 8.42 Å². The van der Waals surface area contributed by atoms with Crippen LogP contribution in [0, 0.1) is 18.8 Å². The Hall–Kier alpha value is -2.09. The van der Waals surface area contributed by atoms with Crippen LogP contribution in [-0.4, -0.2) is 57.7 Å². The van der Waals surface area contributed by atoms with Crippen molar-refractivity contribution in [1.29, 1.82) is 0 Å². The van der Waals surface area contributed by atoms with Crippen LogP contribution in [0.3, 0.4) is 0 Å². The third kappa shape index (κ3) is 5.95. The number of esters is 1. The third-order valence-corrected chi connectivity index (χ3v) is 5.76. The Morgan fingerprint density at radius 3 is 2.33 bits per heavy atom. The predicted octanol–water partition coefficient (Wildman–Crippen LogP) is 1.81. The van der Waals surface area contributed by atoms with Crippen LogP contribution in [0.4, 0.5) is 5.69 Å². The molecule has 8 heteroatoms. The van der Waals surface area contributed by atoms with E-state index in [1.165, 1.54) is 0 Å². The van der Waals surface area contributed by atoms with Crippen LogP contribution in [0.2, 0.25) is 0 Å². The van der Waals surface area contributed by atoms with Crippen LogP contribution < -0.4 is 4.31 Å². The molecule has 0 spiro atoms. The highest BCUT2D eigenvalue weighted by Gasteiger charge is 2.27. The number of ether oxygens (including phenoxy) is 1. The fourth-order valence-electron chi connectivity index (χ4n) is 3.49. The molecule has 1 aliphatic heterocycles. The first-order valence-corrected chi connectivity index (χ1v) is 10.9. The first kappa shape index (κ1) is 21.2. The first-order chi connectivity index (χ1) is 12.6. The second-order valence-electron chi connectivity index (χ2n) is 7.46. The number of aryl methyl sites for hydroxylation is 1. The minimum absolute atomic E-state index is 0.247. The van der Waals surface area contributed by atoms with Crippen molar-refractivity contribution < 1.29 is 22.7 Å². The zero-order valence-electron chi connectivity index (χ0n) is 16.3. The highest BCUT2D eigenvalue weighted by atomic mass is 32.2. The normalized spacial score (nSPS) is 20.2. The van der Waals surface area contributed by atoms with Crippen LogP contribution in [0.25, 0.3) is 0 Å². The number of anilines is 1. The van der Waals surface area contributed by atoms with Crippen molar-refractivity contribution in [2.75, 3.05) is 36.8 Å². The molecule has 1 aliphatic rings. The summed E-state index contributed by atoms with van der Waals surface area (Å²) < 4.78 is 30.3. The minimum atomic E-state index is -3.67. The Balaban J connectivity index is 1.98. The molecule has 0 bridgehead atoms. The summed E-state index contributed by atoms with van der Waals surface area (Å²) in [5.74, 6) is -0.177. The molecule has 0 aromatic heterocycles. The maximum Gasteiger partial charge on any atom is 0.327 e. The lowest BCUT2D eigenvalue weighted by Gasteiger charge is -2.34. The van der Waals surface area contributed by atoms with Crippen molar-refractivity contribution in [1.82, 2.24) is 4.90 Å². The van der Waals surface area contributed by atoms with Crippen LogP contribution in [0.5, 0.6) is 0 Å². The number of hydrogen-bond donors (Lipinski definition) is 0. The zero-order chi connectivity index (χ0) is 20.2. The molecule has 2 rings (SSSR count). The molecule has 1 amide bonds. The average molecular weight is 397 g/mol. The van der Waals surface area contributed by atoms with Gasteiger partial charge in [-0.2, -0.15) is 0 Å². The van der Waals surface area contributed by atoms with Crippen LogP contribution in [-0.2, 0) is 24.3 Å². The van der Waals surface area contributed by atoms with E-state index in [2.05, 4.69) is 13.8 Å². The van der Waals surface area contributed by atoms with Crippen molar-refractivity contribution in [3.63, 3.8) is 0 Å². The maximum absolute atomic E-state index is 12.3. The van der Waals surface area contributed by atoms with E-state index in [1.807, 2.05) is 0 Å². The van der Waals surface area contributed by atoms with Gasteiger partial charge in [-0.15, -0.1) is 0 Å². The summed E-state index contributed by atoms with van der Waals surface area (Å²) >= 11 is 0. The monoisotopic (exact) mass is 396 g/mol. The summed E-state index contributed by atoms with van der Waals surface area (Å²) in [7, 11) is -3.67. The Bertz CT molecular complexity index is 783. The molecule has 2 unspecified atom stereocenters. The number of nitrogens with zero attached hydrogens (tertiary/aromatic N) is 2. The fraction of sp³-hybridized carbons (Fsp3) is 0.579. The smallest absolute Gasteiger partial charge is 0.327 e. The maximum atomic E-state index is 12.3. The van der Waals surface area contributed by atoms with Gasteiger partial charge in [0.05, 0.1) is 11.9 Å². The van der Waals surface area contributed by atoms with E-state index in [0.717, 1.165) is 22.5 Å². The van der Waals surface area contributed by atoms with Gasteiger partial charge in [-0.05, 0) is 36.8 Å². The lowest BCUT2D eigenvalue weighted by atomic mass is 9.92. The van der Waals surface area contributed by atoms with E-state index in [4.69, 9.17) is 4.74 Å². The lowest BCUT2D eigenvalue weighted by Crippen LogP contribution is -2.45. The molecule has 0 saturated carbocycles. The molecule has 0 aliphatic carbocycles. The van der Waals surface area contributed by atoms with Crippen molar-refractivity contribution in [3.8, 4) is 0 Å². The third-order valence-electron chi connectivity index (χ3n) is 4.64. The van der Waals surface area contributed by atoms with Crippen molar-refractivity contribution >= 4 is 27.6 Å². The van der Waals surface area contributed by atoms with Crippen molar-refractivity contribution in [3.05, 3.63) is 29.8 Å². The SMILES string of the molecule is Cc1ccccc1N(CC(=O)OCC(=O)N1CC(C)CC(C)C1)S(C)(=O)=O. The number of likely N-dealkylation sites (tertiary alicyclic amines) is 1. The van der Waals surface area contributed by atoms with Gasteiger partial charge >= 0.3 is 5.97 Å². The quantitative estimate of drug-likeness (QED) is 0.685. The molecule has 1 saturated heterocycles. The predicted molar refractivity (Wildman–Crippen MR) is 104 cm³/mol. The molecule has 7 nitrogen and oxygen atoms in total. The van der Waals surface area contributed by atoms with Gasteiger partial charge in [0.25, 0.3) is 5.91 Å². The number of rotatable bonds is 6. The Morgan fingerprint density at radius 2 is 1.78 bits per heavy atom. The number of para-hydroxylation sites is 1. The molecule has 0 N–H and O–H groups in total. The van der Waals surface area contributed by atoms with E-state index in [-0.39, 0.29) is 12.5 Å². The topological polar surface area (TPSA) is 84.0 Å². The summed E-state index contributed by atoms with van der Waals surface area (Å²) in [5.41, 5.74) is 1.14. The molecule has 1 aromatic rings. The number of amides is 1. The van der Waals surface area contributed by atoms with E-state index >= 15 is 0 Å². The van der Waals surface area contributed by atoms with E-state index in [1.54, 1.807) is 36.1 Å². The number of carbonyl (C=O) groups excluding carboxylic acids is 2. The number of sulfonamides is 1. The second kappa shape index (κ2) is 8.73. The van der Waals surface area contributed by atoms with Crippen LogP contribution >= 0.6 is 0 Å². The van der Waals surface area contributed by atoms with Crippen LogP contribution in [0.15, 0.2) is 24.3 Å². The summed E-state index contributed by atoms with van der Waals surface area (Å²) in [5, 5.41) is 0. The van der Waals surface area contributed by atoms with Crippen molar-refractivity contribution in [2.24, 2.45) is 11.8 Å². The standard InChI is InChI=1S/C19H28N2O5S/c1-14-9-15(2)11-20(10-14)18(22)13-26-19(23)12-21(27(4,24)25)17-8-6-5-7-16(17)3/h5-8,14-15H,9-13H2,1-4H3. The highest BCUT2D eigenvalue weighted by molar-refractivity contribution is 7.92. The zero-order valence-corrected chi connectivity index (χ0v) is 17.2. The molecule has 150 valence electrons. The molecular formula is C19H28N2O5S. The van der Waals surface area contributed by atoms with Gasteiger partial charge in [0.1, 0.15) is 6.54 Å². The largest absolute Gasteiger partial charge is 0.454 e. The summed E-state index contributed by atoms with van der Waals surface area (Å²) in [6.45, 7) is 6.41. The highest BCUT2D eigenvalue weighted by Crippen LogP contribution is 2.22. The number of carbonyl (C=O) groups is 2. The average Bonchev–Trinajstić information content (AvgIpc) is 2.56. The molecule has 27 heavy (non-hydrogen) atoms. The number of benzene rings is 1. The molecular weight excluding hydrogens is 368 g/mol. The number of piperidine rings is 1. The summed E-state index contributed by atoms with van der Waals surface area (Å²) in [4.78, 5) is 26.2. The van der Waals surface area contributed by atoms with Gasteiger partial charge in [-0.1, -0.05) is 32.0 Å². The Labute approximate surface area is 161 Å². The first-order valence-electron chi connectivity index (χ1n) is 9.04. The van der Waals surface area contributed by atoms with Gasteiger partial charge in [0.2, 0.25) is 10.0 Å².